The van der Waals surface area contributed by atoms with Crippen LogP contribution in [0.15, 0.2) is 17.9 Å². The van der Waals surface area contributed by atoms with Gasteiger partial charge in [0, 0.05) is 17.1 Å². The molecule has 0 aromatic carbocycles. The highest BCUT2D eigenvalue weighted by Crippen LogP contribution is 2.29. The summed E-state index contributed by atoms with van der Waals surface area (Å²) in [5, 5.41) is 6.34. The monoisotopic (exact) mass is 263 g/mol. The Labute approximate surface area is 111 Å². The normalized spacial score (nSPS) is 12.7. The van der Waals surface area contributed by atoms with Crippen molar-refractivity contribution in [3.63, 3.8) is 0 Å². The molecule has 96 valence electrons. The second-order valence-corrected chi connectivity index (χ2v) is 5.34. The van der Waals surface area contributed by atoms with Crippen molar-refractivity contribution in [3.8, 4) is 0 Å². The summed E-state index contributed by atoms with van der Waals surface area (Å²) < 4.78 is 0. The molecule has 0 saturated heterocycles. The van der Waals surface area contributed by atoms with Crippen molar-refractivity contribution in [2.45, 2.75) is 32.7 Å². The topological polar surface area (TPSA) is 76.7 Å². The number of aromatic nitrogens is 3. The summed E-state index contributed by atoms with van der Waals surface area (Å²) in [5.41, 5.74) is 6.87. The summed E-state index contributed by atoms with van der Waals surface area (Å²) in [6.45, 7) is 6.21. The minimum absolute atomic E-state index is 0.108. The number of thiazole rings is 1. The Hall–Kier alpha value is -1.69. The highest BCUT2D eigenvalue weighted by atomic mass is 32.1. The van der Waals surface area contributed by atoms with E-state index >= 15 is 0 Å². The van der Waals surface area contributed by atoms with E-state index in [-0.39, 0.29) is 12.0 Å². The van der Waals surface area contributed by atoms with E-state index in [0.29, 0.717) is 5.82 Å². The van der Waals surface area contributed by atoms with Gasteiger partial charge in [-0.1, -0.05) is 13.8 Å². The molecule has 0 saturated carbocycles. The second-order valence-electron chi connectivity index (χ2n) is 4.41. The molecule has 0 spiro atoms. The Balaban J connectivity index is 2.26. The maximum Gasteiger partial charge on any atom is 0.135 e. The van der Waals surface area contributed by atoms with Gasteiger partial charge in [0.2, 0.25) is 0 Å². The Morgan fingerprint density at radius 3 is 2.61 bits per heavy atom. The van der Waals surface area contributed by atoms with E-state index < -0.39 is 0 Å². The van der Waals surface area contributed by atoms with Gasteiger partial charge >= 0.3 is 0 Å². The number of hydrogen-bond acceptors (Lipinski definition) is 6. The van der Waals surface area contributed by atoms with Crippen LogP contribution in [0.5, 0.6) is 0 Å². The number of nitrogens with two attached hydrogens (primary N) is 1. The number of nitrogens with zero attached hydrogens (tertiary/aromatic N) is 3. The first kappa shape index (κ1) is 12.8. The number of nitrogens with one attached hydrogen (secondary N) is 1. The summed E-state index contributed by atoms with van der Waals surface area (Å²) in [6, 6.07) is 0.108. The van der Waals surface area contributed by atoms with Crippen molar-refractivity contribution in [1.82, 2.24) is 15.0 Å². The van der Waals surface area contributed by atoms with Crippen LogP contribution in [-0.2, 0) is 0 Å². The molecule has 2 aromatic heterocycles. The molecule has 0 bridgehead atoms. The van der Waals surface area contributed by atoms with Gasteiger partial charge in [-0.3, -0.25) is 0 Å². The molecule has 0 aliphatic rings. The zero-order chi connectivity index (χ0) is 13.1. The van der Waals surface area contributed by atoms with Gasteiger partial charge in [0.25, 0.3) is 0 Å². The largest absolute Gasteiger partial charge is 0.383 e. The zero-order valence-corrected chi connectivity index (χ0v) is 11.5. The quantitative estimate of drug-likeness (QED) is 0.887. The molecular formula is C12H17N5S. The van der Waals surface area contributed by atoms with Gasteiger partial charge < -0.3 is 11.1 Å². The highest BCUT2D eigenvalue weighted by molar-refractivity contribution is 7.09. The van der Waals surface area contributed by atoms with E-state index in [1.54, 1.807) is 17.5 Å². The third-order valence-corrected chi connectivity index (χ3v) is 3.63. The lowest BCUT2D eigenvalue weighted by atomic mass is 10.0. The second kappa shape index (κ2) is 5.30. The number of nitrogen functional groups attached to an aromatic ring is 1. The van der Waals surface area contributed by atoms with Gasteiger partial charge in [0.15, 0.2) is 0 Å². The first-order valence-corrected chi connectivity index (χ1v) is 6.73. The Morgan fingerprint density at radius 2 is 2.00 bits per heavy atom. The third kappa shape index (κ3) is 2.59. The molecular weight excluding hydrogens is 246 g/mol. The summed E-state index contributed by atoms with van der Waals surface area (Å²) >= 11 is 1.62. The fraction of sp³-hybridized carbons (Fsp3) is 0.417. The van der Waals surface area contributed by atoms with E-state index in [0.717, 1.165) is 16.4 Å². The zero-order valence-electron chi connectivity index (χ0n) is 10.7. The first-order valence-electron chi connectivity index (χ1n) is 5.86. The molecule has 0 fully saturated rings. The lowest BCUT2D eigenvalue weighted by Gasteiger charge is -2.18. The molecule has 0 amide bonds. The van der Waals surface area contributed by atoms with Crippen LogP contribution in [0.1, 0.15) is 43.3 Å². The van der Waals surface area contributed by atoms with Crippen LogP contribution in [0, 0.1) is 0 Å². The standard InChI is InChI=1S/C12H17N5S/c1-7(2)9-10(13)15-6-16-11(9)17-8(3)12-14-4-5-18-12/h4-8H,1-3H3,(H3,13,15,16,17). The Morgan fingerprint density at radius 1 is 1.22 bits per heavy atom. The van der Waals surface area contributed by atoms with Crippen molar-refractivity contribution in [2.24, 2.45) is 0 Å². The summed E-state index contributed by atoms with van der Waals surface area (Å²) in [6.07, 6.45) is 3.29. The average molecular weight is 263 g/mol. The minimum atomic E-state index is 0.108. The van der Waals surface area contributed by atoms with Gasteiger partial charge in [-0.05, 0) is 12.8 Å². The van der Waals surface area contributed by atoms with E-state index in [9.17, 15) is 0 Å². The van der Waals surface area contributed by atoms with Crippen LogP contribution in [0.2, 0.25) is 0 Å². The molecule has 1 atom stereocenters. The van der Waals surface area contributed by atoms with Crippen LogP contribution in [0.4, 0.5) is 11.6 Å². The lowest BCUT2D eigenvalue weighted by Crippen LogP contribution is -2.12. The molecule has 2 rings (SSSR count). The smallest absolute Gasteiger partial charge is 0.135 e. The van der Waals surface area contributed by atoms with Crippen LogP contribution in [0.3, 0.4) is 0 Å². The maximum atomic E-state index is 5.91. The fourth-order valence-electron chi connectivity index (χ4n) is 1.81. The van der Waals surface area contributed by atoms with E-state index in [1.165, 1.54) is 6.33 Å². The van der Waals surface area contributed by atoms with Gasteiger partial charge in [-0.15, -0.1) is 11.3 Å². The molecule has 5 nitrogen and oxygen atoms in total. The number of anilines is 2. The third-order valence-electron chi connectivity index (χ3n) is 2.67. The summed E-state index contributed by atoms with van der Waals surface area (Å²) in [4.78, 5) is 12.6. The van der Waals surface area contributed by atoms with E-state index in [4.69, 9.17) is 5.73 Å². The average Bonchev–Trinajstić information content (AvgIpc) is 2.81. The minimum Gasteiger partial charge on any atom is -0.383 e. The molecule has 0 radical (unpaired) electrons. The van der Waals surface area contributed by atoms with Crippen molar-refractivity contribution in [1.29, 1.82) is 0 Å². The molecule has 0 aliphatic carbocycles. The van der Waals surface area contributed by atoms with Gasteiger partial charge in [0.05, 0.1) is 6.04 Å². The first-order chi connectivity index (χ1) is 8.59. The summed E-state index contributed by atoms with van der Waals surface area (Å²) in [7, 11) is 0. The van der Waals surface area contributed by atoms with Crippen molar-refractivity contribution in [3.05, 3.63) is 28.5 Å². The molecule has 0 aliphatic heterocycles. The van der Waals surface area contributed by atoms with Crippen LogP contribution >= 0.6 is 11.3 Å². The van der Waals surface area contributed by atoms with E-state index in [1.807, 2.05) is 5.38 Å². The van der Waals surface area contributed by atoms with Crippen molar-refractivity contribution in [2.75, 3.05) is 11.1 Å². The predicted octanol–water partition coefficient (Wildman–Crippen LogP) is 2.81. The molecule has 2 aromatic rings. The van der Waals surface area contributed by atoms with Gasteiger partial charge in [0.1, 0.15) is 23.0 Å². The molecule has 1 unspecified atom stereocenters. The van der Waals surface area contributed by atoms with Crippen molar-refractivity contribution < 1.29 is 0 Å². The molecule has 3 N–H and O–H groups in total. The molecule has 6 heteroatoms. The fourth-order valence-corrected chi connectivity index (χ4v) is 2.45. The van der Waals surface area contributed by atoms with Gasteiger partial charge in [-0.2, -0.15) is 0 Å². The summed E-state index contributed by atoms with van der Waals surface area (Å²) in [5.74, 6) is 1.60. The van der Waals surface area contributed by atoms with Crippen LogP contribution in [0.25, 0.3) is 0 Å². The van der Waals surface area contributed by atoms with Gasteiger partial charge in [-0.25, -0.2) is 15.0 Å². The SMILES string of the molecule is CC(C)c1c(N)ncnc1NC(C)c1nccs1. The van der Waals surface area contributed by atoms with Crippen LogP contribution < -0.4 is 11.1 Å². The van der Waals surface area contributed by atoms with E-state index in [2.05, 4.69) is 41.0 Å². The number of hydrogen-bond donors (Lipinski definition) is 2. The van der Waals surface area contributed by atoms with Crippen molar-refractivity contribution >= 4 is 23.0 Å². The van der Waals surface area contributed by atoms with Crippen LogP contribution in [-0.4, -0.2) is 15.0 Å². The molecule has 18 heavy (non-hydrogen) atoms. The predicted molar refractivity (Wildman–Crippen MR) is 74.7 cm³/mol. The Bertz CT molecular complexity index is 509. The Kier molecular flexibility index (Phi) is 3.76. The number of rotatable bonds is 4. The molecule has 2 heterocycles. The highest BCUT2D eigenvalue weighted by Gasteiger charge is 2.16. The lowest BCUT2D eigenvalue weighted by molar-refractivity contribution is 0.817. The maximum absolute atomic E-state index is 5.91.